The number of amides is 1. The molecule has 1 N–H and O–H groups in total. The summed E-state index contributed by atoms with van der Waals surface area (Å²) in [4.78, 5) is 12.1. The molecule has 6 heteroatoms. The Kier molecular flexibility index (Phi) is 4.19. The maximum absolute atomic E-state index is 12.1. The summed E-state index contributed by atoms with van der Waals surface area (Å²) < 4.78 is 17.0. The zero-order chi connectivity index (χ0) is 17.2. The number of anilines is 1. The van der Waals surface area contributed by atoms with Crippen LogP contribution in [0.3, 0.4) is 0 Å². The Balaban J connectivity index is 1.43. The molecule has 0 unspecified atom stereocenters. The van der Waals surface area contributed by atoms with E-state index in [1.807, 2.05) is 36.4 Å². The molecule has 0 spiro atoms. The second-order valence-electron chi connectivity index (χ2n) is 5.50. The molecule has 1 amide bonds. The smallest absolute Gasteiger partial charge is 0.262 e. The van der Waals surface area contributed by atoms with E-state index in [-0.39, 0.29) is 19.3 Å². The van der Waals surface area contributed by atoms with Crippen LogP contribution in [0.2, 0.25) is 0 Å². The van der Waals surface area contributed by atoms with Crippen LogP contribution in [-0.2, 0) is 4.79 Å². The largest absolute Gasteiger partial charge is 0.483 e. The summed E-state index contributed by atoms with van der Waals surface area (Å²) in [6.45, 7) is 0.108. The molecule has 0 radical (unpaired) electrons. The topological polar surface area (TPSA) is 56.8 Å². The summed E-state index contributed by atoms with van der Waals surface area (Å²) in [7, 11) is 0. The number of halogens is 1. The second-order valence-corrected chi connectivity index (χ2v) is 6.30. The van der Waals surface area contributed by atoms with Crippen LogP contribution in [0, 0.1) is 0 Å². The maximum Gasteiger partial charge on any atom is 0.262 e. The zero-order valence-electron chi connectivity index (χ0n) is 13.1. The zero-order valence-corrected chi connectivity index (χ0v) is 14.7. The fourth-order valence-corrected chi connectivity index (χ4v) is 3.25. The van der Waals surface area contributed by atoms with Crippen LogP contribution in [0.15, 0.2) is 59.1 Å². The van der Waals surface area contributed by atoms with Gasteiger partial charge in [-0.2, -0.15) is 0 Å². The SMILES string of the molecule is O=C(COc1ccc2ccccc2c1Br)Nc1ccc2c(c1)OCO2. The average Bonchev–Trinajstić information content (AvgIpc) is 3.09. The number of hydrogen-bond acceptors (Lipinski definition) is 4. The van der Waals surface area contributed by atoms with Crippen LogP contribution in [0.1, 0.15) is 0 Å². The molecule has 1 aliphatic rings. The molecular weight excluding hydrogens is 386 g/mol. The van der Waals surface area contributed by atoms with Crippen LogP contribution in [0.4, 0.5) is 5.69 Å². The first-order valence-corrected chi connectivity index (χ1v) is 8.49. The predicted molar refractivity (Wildman–Crippen MR) is 98.3 cm³/mol. The molecule has 3 aromatic rings. The maximum atomic E-state index is 12.1. The van der Waals surface area contributed by atoms with Gasteiger partial charge < -0.3 is 19.5 Å². The number of ether oxygens (including phenoxy) is 3. The predicted octanol–water partition coefficient (Wildman–Crippen LogP) is 4.35. The Morgan fingerprint density at radius 3 is 2.84 bits per heavy atom. The van der Waals surface area contributed by atoms with Gasteiger partial charge in [0.05, 0.1) is 4.47 Å². The van der Waals surface area contributed by atoms with Gasteiger partial charge in [-0.15, -0.1) is 0 Å². The molecule has 3 aromatic carbocycles. The number of rotatable bonds is 4. The van der Waals surface area contributed by atoms with Gasteiger partial charge in [-0.25, -0.2) is 0 Å². The first-order chi connectivity index (χ1) is 12.2. The third-order valence-corrected chi connectivity index (χ3v) is 4.66. The van der Waals surface area contributed by atoms with Gasteiger partial charge in [-0.05, 0) is 44.9 Å². The molecule has 0 saturated heterocycles. The molecule has 126 valence electrons. The molecule has 0 aliphatic carbocycles. The fourth-order valence-electron chi connectivity index (χ4n) is 2.64. The summed E-state index contributed by atoms with van der Waals surface area (Å²) in [5, 5.41) is 4.93. The number of hydrogen-bond donors (Lipinski definition) is 1. The lowest BCUT2D eigenvalue weighted by molar-refractivity contribution is -0.118. The van der Waals surface area contributed by atoms with Gasteiger partial charge >= 0.3 is 0 Å². The van der Waals surface area contributed by atoms with Gasteiger partial charge in [-0.3, -0.25) is 4.79 Å². The highest BCUT2D eigenvalue weighted by molar-refractivity contribution is 9.10. The lowest BCUT2D eigenvalue weighted by Gasteiger charge is -2.11. The van der Waals surface area contributed by atoms with Gasteiger partial charge in [0.15, 0.2) is 18.1 Å². The van der Waals surface area contributed by atoms with Crippen molar-refractivity contribution in [1.82, 2.24) is 0 Å². The van der Waals surface area contributed by atoms with Crippen LogP contribution in [-0.4, -0.2) is 19.3 Å². The molecule has 25 heavy (non-hydrogen) atoms. The normalized spacial score (nSPS) is 12.2. The van der Waals surface area contributed by atoms with Gasteiger partial charge in [0.1, 0.15) is 5.75 Å². The minimum Gasteiger partial charge on any atom is -0.483 e. The summed E-state index contributed by atoms with van der Waals surface area (Å²) >= 11 is 3.55. The highest BCUT2D eigenvalue weighted by Gasteiger charge is 2.14. The van der Waals surface area contributed by atoms with Crippen molar-refractivity contribution in [2.24, 2.45) is 0 Å². The number of fused-ring (bicyclic) bond motifs is 2. The van der Waals surface area contributed by atoms with E-state index in [1.54, 1.807) is 18.2 Å². The second kappa shape index (κ2) is 6.64. The van der Waals surface area contributed by atoms with E-state index in [4.69, 9.17) is 14.2 Å². The van der Waals surface area contributed by atoms with E-state index >= 15 is 0 Å². The van der Waals surface area contributed by atoms with Gasteiger partial charge in [0, 0.05) is 11.8 Å². The van der Waals surface area contributed by atoms with Crippen molar-refractivity contribution in [2.45, 2.75) is 0 Å². The number of carbonyl (C=O) groups is 1. The van der Waals surface area contributed by atoms with E-state index in [2.05, 4.69) is 21.2 Å². The summed E-state index contributed by atoms with van der Waals surface area (Å²) in [6, 6.07) is 17.0. The standard InChI is InChI=1S/C19H14BrNO4/c20-19-14-4-2-1-3-12(14)5-7-16(19)23-10-18(22)21-13-6-8-15-17(9-13)25-11-24-15/h1-9H,10-11H2,(H,21,22). The lowest BCUT2D eigenvalue weighted by Crippen LogP contribution is -2.20. The Bertz CT molecular complexity index is 957. The molecule has 5 nitrogen and oxygen atoms in total. The third-order valence-electron chi connectivity index (χ3n) is 3.84. The fraction of sp³-hybridized carbons (Fsp3) is 0.105. The number of carbonyl (C=O) groups excluding carboxylic acids is 1. The number of benzene rings is 3. The monoisotopic (exact) mass is 399 g/mol. The Morgan fingerprint density at radius 1 is 1.08 bits per heavy atom. The average molecular weight is 400 g/mol. The van der Waals surface area contributed by atoms with Crippen molar-refractivity contribution in [3.63, 3.8) is 0 Å². The van der Waals surface area contributed by atoms with Crippen LogP contribution in [0.5, 0.6) is 17.2 Å². The Labute approximate surface area is 152 Å². The van der Waals surface area contributed by atoms with Crippen LogP contribution >= 0.6 is 15.9 Å². The van der Waals surface area contributed by atoms with E-state index < -0.39 is 0 Å². The lowest BCUT2D eigenvalue weighted by atomic mass is 10.1. The van der Waals surface area contributed by atoms with Crippen molar-refractivity contribution in [3.05, 3.63) is 59.1 Å². The van der Waals surface area contributed by atoms with Crippen molar-refractivity contribution in [2.75, 3.05) is 18.7 Å². The molecule has 0 bridgehead atoms. The van der Waals surface area contributed by atoms with Crippen LogP contribution < -0.4 is 19.5 Å². The minimum absolute atomic E-state index is 0.0919. The van der Waals surface area contributed by atoms with Crippen molar-refractivity contribution >= 4 is 38.3 Å². The van der Waals surface area contributed by atoms with Crippen molar-refractivity contribution < 1.29 is 19.0 Å². The van der Waals surface area contributed by atoms with E-state index in [0.717, 1.165) is 15.2 Å². The van der Waals surface area contributed by atoms with E-state index in [9.17, 15) is 4.79 Å². The van der Waals surface area contributed by atoms with Gasteiger partial charge in [0.2, 0.25) is 6.79 Å². The first kappa shape index (κ1) is 15.8. The van der Waals surface area contributed by atoms with E-state index in [1.165, 1.54) is 0 Å². The molecule has 1 aliphatic heterocycles. The van der Waals surface area contributed by atoms with E-state index in [0.29, 0.717) is 22.9 Å². The molecule has 0 aromatic heterocycles. The molecule has 0 atom stereocenters. The third kappa shape index (κ3) is 3.25. The van der Waals surface area contributed by atoms with Crippen molar-refractivity contribution in [1.29, 1.82) is 0 Å². The van der Waals surface area contributed by atoms with Gasteiger partial charge in [-0.1, -0.05) is 30.3 Å². The summed E-state index contributed by atoms with van der Waals surface area (Å²) in [5.74, 6) is 1.67. The molecule has 0 saturated carbocycles. The van der Waals surface area contributed by atoms with Gasteiger partial charge in [0.25, 0.3) is 5.91 Å². The Morgan fingerprint density at radius 2 is 1.92 bits per heavy atom. The number of nitrogens with one attached hydrogen (secondary N) is 1. The van der Waals surface area contributed by atoms with Crippen LogP contribution in [0.25, 0.3) is 10.8 Å². The van der Waals surface area contributed by atoms with Crippen molar-refractivity contribution in [3.8, 4) is 17.2 Å². The molecular formula is C19H14BrNO4. The molecule has 4 rings (SSSR count). The highest BCUT2D eigenvalue weighted by atomic mass is 79.9. The Hall–Kier alpha value is -2.73. The molecule has 1 heterocycles. The molecule has 0 fully saturated rings. The summed E-state index contributed by atoms with van der Waals surface area (Å²) in [6.07, 6.45) is 0. The first-order valence-electron chi connectivity index (χ1n) is 7.70. The summed E-state index contributed by atoms with van der Waals surface area (Å²) in [5.41, 5.74) is 0.635. The highest BCUT2D eigenvalue weighted by Crippen LogP contribution is 2.35. The minimum atomic E-state index is -0.251. The quantitative estimate of drug-likeness (QED) is 0.708.